The van der Waals surface area contributed by atoms with Crippen molar-refractivity contribution in [2.45, 2.75) is 13.3 Å². The summed E-state index contributed by atoms with van der Waals surface area (Å²) in [5.74, 6) is 0.0433. The second-order valence-electron chi connectivity index (χ2n) is 3.84. The summed E-state index contributed by atoms with van der Waals surface area (Å²) in [7, 11) is 3.10. The second kappa shape index (κ2) is 6.58. The van der Waals surface area contributed by atoms with Crippen LogP contribution in [0.2, 0.25) is 0 Å². The van der Waals surface area contributed by atoms with Gasteiger partial charge in [-0.3, -0.25) is 9.69 Å². The molecule has 0 atom stereocenters. The SMILES string of the molecule is CCOC(=O)Cc1cc(N(C)C(=O)NC)ncc1N. The first-order valence-corrected chi connectivity index (χ1v) is 5.85. The highest BCUT2D eigenvalue weighted by atomic mass is 16.5. The number of nitrogens with two attached hydrogens (primary N) is 1. The fourth-order valence-electron chi connectivity index (χ4n) is 1.47. The lowest BCUT2D eigenvalue weighted by atomic mass is 10.1. The molecule has 7 heteroatoms. The number of pyridine rings is 1. The Morgan fingerprint density at radius 1 is 1.53 bits per heavy atom. The van der Waals surface area contributed by atoms with Crippen LogP contribution in [-0.4, -0.2) is 37.7 Å². The van der Waals surface area contributed by atoms with Crippen molar-refractivity contribution in [2.24, 2.45) is 0 Å². The fraction of sp³-hybridized carbons (Fsp3) is 0.417. The van der Waals surface area contributed by atoms with Gasteiger partial charge >= 0.3 is 12.0 Å². The van der Waals surface area contributed by atoms with Crippen molar-refractivity contribution in [2.75, 3.05) is 31.3 Å². The van der Waals surface area contributed by atoms with Crippen LogP contribution in [0.25, 0.3) is 0 Å². The summed E-state index contributed by atoms with van der Waals surface area (Å²) in [6.45, 7) is 2.05. The second-order valence-corrected chi connectivity index (χ2v) is 3.84. The van der Waals surface area contributed by atoms with Gasteiger partial charge in [-0.1, -0.05) is 0 Å². The first-order valence-electron chi connectivity index (χ1n) is 5.85. The van der Waals surface area contributed by atoms with Crippen molar-refractivity contribution in [3.63, 3.8) is 0 Å². The van der Waals surface area contributed by atoms with E-state index in [0.29, 0.717) is 23.7 Å². The topological polar surface area (TPSA) is 97.5 Å². The molecule has 0 unspecified atom stereocenters. The van der Waals surface area contributed by atoms with Gasteiger partial charge in [-0.25, -0.2) is 9.78 Å². The highest BCUT2D eigenvalue weighted by Gasteiger charge is 2.14. The minimum atomic E-state index is -0.367. The molecule has 1 aromatic rings. The van der Waals surface area contributed by atoms with Crippen LogP contribution in [0.5, 0.6) is 0 Å². The van der Waals surface area contributed by atoms with Gasteiger partial charge in [-0.2, -0.15) is 0 Å². The number of carbonyl (C=O) groups is 2. The lowest BCUT2D eigenvalue weighted by molar-refractivity contribution is -0.142. The number of rotatable bonds is 4. The zero-order chi connectivity index (χ0) is 14.4. The molecule has 1 heterocycles. The molecule has 0 saturated carbocycles. The Balaban J connectivity index is 2.94. The molecule has 0 aliphatic carbocycles. The van der Waals surface area contributed by atoms with Gasteiger partial charge in [0.2, 0.25) is 0 Å². The van der Waals surface area contributed by atoms with Gasteiger partial charge in [0.1, 0.15) is 5.82 Å². The van der Waals surface area contributed by atoms with Crippen molar-refractivity contribution >= 4 is 23.5 Å². The average molecular weight is 266 g/mol. The maximum Gasteiger partial charge on any atom is 0.322 e. The molecule has 19 heavy (non-hydrogen) atoms. The van der Waals surface area contributed by atoms with Crippen molar-refractivity contribution in [3.05, 3.63) is 17.8 Å². The Labute approximate surface area is 111 Å². The van der Waals surface area contributed by atoms with Gasteiger partial charge in [-0.15, -0.1) is 0 Å². The Hall–Kier alpha value is -2.31. The van der Waals surface area contributed by atoms with Crippen LogP contribution in [-0.2, 0) is 16.0 Å². The monoisotopic (exact) mass is 266 g/mol. The van der Waals surface area contributed by atoms with Crippen LogP contribution >= 0.6 is 0 Å². The highest BCUT2D eigenvalue weighted by molar-refractivity contribution is 5.90. The van der Waals surface area contributed by atoms with Crippen LogP contribution in [0.3, 0.4) is 0 Å². The Morgan fingerprint density at radius 2 is 2.21 bits per heavy atom. The van der Waals surface area contributed by atoms with Crippen LogP contribution in [0.4, 0.5) is 16.3 Å². The number of carbonyl (C=O) groups excluding carboxylic acids is 2. The summed E-state index contributed by atoms with van der Waals surface area (Å²) in [6.07, 6.45) is 1.47. The molecule has 1 aromatic heterocycles. The van der Waals surface area contributed by atoms with Gasteiger partial charge in [0.25, 0.3) is 0 Å². The van der Waals surface area contributed by atoms with Gasteiger partial charge in [0.15, 0.2) is 0 Å². The minimum Gasteiger partial charge on any atom is -0.466 e. The first kappa shape index (κ1) is 14.7. The Kier molecular flexibility index (Phi) is 5.11. The predicted octanol–water partition coefficient (Wildman–Crippen LogP) is 0.545. The van der Waals surface area contributed by atoms with Crippen molar-refractivity contribution in [1.29, 1.82) is 0 Å². The van der Waals surface area contributed by atoms with Gasteiger partial charge in [-0.05, 0) is 18.6 Å². The fourth-order valence-corrected chi connectivity index (χ4v) is 1.47. The number of amides is 2. The normalized spacial score (nSPS) is 9.84. The molecular weight excluding hydrogens is 248 g/mol. The van der Waals surface area contributed by atoms with Crippen LogP contribution < -0.4 is 16.0 Å². The molecular formula is C12H18N4O3. The van der Waals surface area contributed by atoms with E-state index in [1.54, 1.807) is 20.0 Å². The maximum atomic E-state index is 11.5. The van der Waals surface area contributed by atoms with Crippen molar-refractivity contribution in [3.8, 4) is 0 Å². The molecule has 0 aromatic carbocycles. The maximum absolute atomic E-state index is 11.5. The number of nitrogens with zero attached hydrogens (tertiary/aromatic N) is 2. The number of nitrogens with one attached hydrogen (secondary N) is 1. The molecule has 0 aliphatic rings. The lowest BCUT2D eigenvalue weighted by Gasteiger charge is -2.16. The van der Waals surface area contributed by atoms with E-state index in [0.717, 1.165) is 0 Å². The smallest absolute Gasteiger partial charge is 0.322 e. The number of hydrogen-bond donors (Lipinski definition) is 2. The molecule has 1 rings (SSSR count). The van der Waals surface area contributed by atoms with E-state index in [9.17, 15) is 9.59 Å². The highest BCUT2D eigenvalue weighted by Crippen LogP contribution is 2.18. The van der Waals surface area contributed by atoms with Crippen molar-refractivity contribution < 1.29 is 14.3 Å². The lowest BCUT2D eigenvalue weighted by Crippen LogP contribution is -2.35. The Morgan fingerprint density at radius 3 is 2.79 bits per heavy atom. The van der Waals surface area contributed by atoms with Crippen LogP contribution in [0.15, 0.2) is 12.3 Å². The van der Waals surface area contributed by atoms with E-state index in [1.807, 2.05) is 0 Å². The van der Waals surface area contributed by atoms with Crippen molar-refractivity contribution in [1.82, 2.24) is 10.3 Å². The molecule has 3 N–H and O–H groups in total. The van der Waals surface area contributed by atoms with E-state index >= 15 is 0 Å². The van der Waals surface area contributed by atoms with Gasteiger partial charge < -0.3 is 15.8 Å². The summed E-state index contributed by atoms with van der Waals surface area (Å²) >= 11 is 0. The molecule has 0 saturated heterocycles. The summed E-state index contributed by atoms with van der Waals surface area (Å²) in [4.78, 5) is 28.3. The Bertz CT molecular complexity index is 476. The van der Waals surface area contributed by atoms with E-state index in [1.165, 1.54) is 18.1 Å². The zero-order valence-electron chi connectivity index (χ0n) is 11.3. The average Bonchev–Trinajstić information content (AvgIpc) is 2.39. The summed E-state index contributed by atoms with van der Waals surface area (Å²) in [5, 5.41) is 2.48. The number of ether oxygens (including phenoxy) is 1. The number of anilines is 2. The number of hydrogen-bond acceptors (Lipinski definition) is 5. The predicted molar refractivity (Wildman–Crippen MR) is 71.8 cm³/mol. The minimum absolute atomic E-state index is 0.0524. The number of esters is 1. The largest absolute Gasteiger partial charge is 0.466 e. The molecule has 0 radical (unpaired) electrons. The van der Waals surface area contributed by atoms with E-state index in [4.69, 9.17) is 10.5 Å². The molecule has 0 bridgehead atoms. The third-order valence-corrected chi connectivity index (χ3v) is 2.51. The van der Waals surface area contributed by atoms with E-state index in [-0.39, 0.29) is 18.4 Å². The number of urea groups is 1. The van der Waals surface area contributed by atoms with Crippen LogP contribution in [0.1, 0.15) is 12.5 Å². The molecule has 0 spiro atoms. The molecule has 0 aliphatic heterocycles. The summed E-state index contributed by atoms with van der Waals surface area (Å²) < 4.78 is 4.86. The first-order chi connectivity index (χ1) is 8.99. The molecule has 104 valence electrons. The standard InChI is InChI=1S/C12H18N4O3/c1-4-19-11(17)6-8-5-10(15-7-9(8)13)16(3)12(18)14-2/h5,7H,4,6,13H2,1-3H3,(H,14,18). The number of nitrogen functional groups attached to an aromatic ring is 1. The van der Waals surface area contributed by atoms with E-state index in [2.05, 4.69) is 10.3 Å². The molecule has 7 nitrogen and oxygen atoms in total. The van der Waals surface area contributed by atoms with Gasteiger partial charge in [0.05, 0.1) is 24.9 Å². The third-order valence-electron chi connectivity index (χ3n) is 2.51. The summed E-state index contributed by atoms with van der Waals surface area (Å²) in [6, 6.07) is 1.29. The molecule has 2 amide bonds. The zero-order valence-corrected chi connectivity index (χ0v) is 11.3. The number of aromatic nitrogens is 1. The van der Waals surface area contributed by atoms with Gasteiger partial charge in [0, 0.05) is 14.1 Å². The molecule has 0 fully saturated rings. The summed E-state index contributed by atoms with van der Waals surface area (Å²) in [5.41, 5.74) is 6.73. The van der Waals surface area contributed by atoms with Crippen LogP contribution in [0, 0.1) is 0 Å². The van der Waals surface area contributed by atoms with E-state index < -0.39 is 0 Å². The quantitative estimate of drug-likeness (QED) is 0.775. The third kappa shape index (κ3) is 3.84.